The van der Waals surface area contributed by atoms with Gasteiger partial charge in [0.2, 0.25) is 5.76 Å². The molecular formula is C30H29ClN2O4. The monoisotopic (exact) mass is 516 g/mol. The second-order valence-corrected chi connectivity index (χ2v) is 9.92. The van der Waals surface area contributed by atoms with Gasteiger partial charge in [0, 0.05) is 23.7 Å². The molecule has 0 aliphatic carbocycles. The molecule has 5 rings (SSSR count). The van der Waals surface area contributed by atoms with Gasteiger partial charge in [-0.05, 0) is 62.0 Å². The highest BCUT2D eigenvalue weighted by Crippen LogP contribution is 2.39. The van der Waals surface area contributed by atoms with E-state index in [9.17, 15) is 9.59 Å². The van der Waals surface area contributed by atoms with Gasteiger partial charge in [-0.3, -0.25) is 9.59 Å². The lowest BCUT2D eigenvalue weighted by atomic mass is 9.97. The number of nitrogens with zero attached hydrogens (tertiary/aromatic N) is 2. The minimum absolute atomic E-state index is 0.118. The molecule has 190 valence electrons. The molecule has 4 aromatic rings. The number of carbonyl (C=O) groups excluding carboxylic acids is 1. The Bertz CT molecular complexity index is 1530. The SMILES string of the molecule is CCc1ccc2oc3c(c(=O)c2c1)C(c1cccc(OCc2ccccc2Cl)c1)N(CCN(C)C)C3=O. The first-order valence-electron chi connectivity index (χ1n) is 12.4. The van der Waals surface area contributed by atoms with E-state index in [-0.39, 0.29) is 17.1 Å². The van der Waals surface area contributed by atoms with E-state index in [1.54, 1.807) is 11.0 Å². The van der Waals surface area contributed by atoms with Crippen molar-refractivity contribution < 1.29 is 13.9 Å². The van der Waals surface area contributed by atoms with Crippen molar-refractivity contribution in [3.8, 4) is 5.75 Å². The zero-order valence-electron chi connectivity index (χ0n) is 21.2. The number of aryl methyl sites for hydroxylation is 1. The summed E-state index contributed by atoms with van der Waals surface area (Å²) in [7, 11) is 3.91. The molecule has 0 saturated carbocycles. The van der Waals surface area contributed by atoms with Crippen LogP contribution in [0.25, 0.3) is 11.0 Å². The van der Waals surface area contributed by atoms with Gasteiger partial charge in [0.05, 0.1) is 17.0 Å². The highest BCUT2D eigenvalue weighted by molar-refractivity contribution is 6.31. The Kier molecular flexibility index (Phi) is 7.04. The van der Waals surface area contributed by atoms with Crippen molar-refractivity contribution in [3.63, 3.8) is 0 Å². The Hall–Kier alpha value is -3.61. The third kappa shape index (κ3) is 4.87. The van der Waals surface area contributed by atoms with Crippen molar-refractivity contribution in [2.75, 3.05) is 27.2 Å². The van der Waals surface area contributed by atoms with Crippen LogP contribution in [0.4, 0.5) is 0 Å². The number of carbonyl (C=O) groups is 1. The summed E-state index contributed by atoms with van der Waals surface area (Å²) < 4.78 is 12.1. The van der Waals surface area contributed by atoms with Gasteiger partial charge in [0.1, 0.15) is 17.9 Å². The summed E-state index contributed by atoms with van der Waals surface area (Å²) in [6, 6.07) is 20.1. The molecule has 0 N–H and O–H groups in total. The molecule has 37 heavy (non-hydrogen) atoms. The van der Waals surface area contributed by atoms with Crippen LogP contribution in [-0.4, -0.2) is 42.9 Å². The number of benzene rings is 3. The summed E-state index contributed by atoms with van der Waals surface area (Å²) in [5, 5.41) is 1.14. The van der Waals surface area contributed by atoms with Crippen LogP contribution >= 0.6 is 11.6 Å². The van der Waals surface area contributed by atoms with Gasteiger partial charge in [0.25, 0.3) is 5.91 Å². The lowest BCUT2D eigenvalue weighted by molar-refractivity contribution is 0.0716. The molecule has 2 heterocycles. The largest absolute Gasteiger partial charge is 0.489 e. The van der Waals surface area contributed by atoms with Crippen LogP contribution < -0.4 is 10.2 Å². The highest BCUT2D eigenvalue weighted by atomic mass is 35.5. The molecular weight excluding hydrogens is 488 g/mol. The first kappa shape index (κ1) is 25.1. The number of fused-ring (bicyclic) bond motifs is 2. The molecule has 3 aromatic carbocycles. The maximum absolute atomic E-state index is 13.8. The van der Waals surface area contributed by atoms with E-state index in [0.717, 1.165) is 23.1 Å². The number of ether oxygens (including phenoxy) is 1. The topological polar surface area (TPSA) is 63.0 Å². The van der Waals surface area contributed by atoms with Gasteiger partial charge < -0.3 is 19.0 Å². The van der Waals surface area contributed by atoms with Gasteiger partial charge in [0.15, 0.2) is 5.43 Å². The zero-order valence-corrected chi connectivity index (χ0v) is 21.9. The van der Waals surface area contributed by atoms with E-state index in [4.69, 9.17) is 20.8 Å². The highest BCUT2D eigenvalue weighted by Gasteiger charge is 2.42. The van der Waals surface area contributed by atoms with E-state index in [2.05, 4.69) is 0 Å². The van der Waals surface area contributed by atoms with Gasteiger partial charge in [-0.2, -0.15) is 0 Å². The fraction of sp³-hybridized carbons (Fsp3) is 0.267. The zero-order chi connectivity index (χ0) is 26.1. The number of rotatable bonds is 8. The summed E-state index contributed by atoms with van der Waals surface area (Å²) in [6.07, 6.45) is 0.800. The maximum atomic E-state index is 13.8. The van der Waals surface area contributed by atoms with Crippen molar-refractivity contribution >= 4 is 28.5 Å². The summed E-state index contributed by atoms with van der Waals surface area (Å²) in [4.78, 5) is 31.1. The van der Waals surface area contributed by atoms with Gasteiger partial charge in [-0.25, -0.2) is 0 Å². The normalized spacial score (nSPS) is 15.0. The average molecular weight is 517 g/mol. The van der Waals surface area contributed by atoms with Crippen LogP contribution in [0.15, 0.2) is 75.9 Å². The fourth-order valence-corrected chi connectivity index (χ4v) is 4.91. The molecule has 0 radical (unpaired) electrons. The fourth-order valence-electron chi connectivity index (χ4n) is 4.72. The van der Waals surface area contributed by atoms with E-state index < -0.39 is 6.04 Å². The molecule has 1 atom stereocenters. The van der Waals surface area contributed by atoms with E-state index in [0.29, 0.717) is 47.0 Å². The number of hydrogen-bond donors (Lipinski definition) is 0. The second kappa shape index (κ2) is 10.4. The summed E-state index contributed by atoms with van der Waals surface area (Å²) in [5.41, 5.74) is 3.36. The minimum atomic E-state index is -0.572. The van der Waals surface area contributed by atoms with Crippen molar-refractivity contribution in [2.24, 2.45) is 0 Å². The van der Waals surface area contributed by atoms with E-state index in [1.807, 2.05) is 86.6 Å². The standard InChI is InChI=1S/C30H29ClN2O4/c1-4-19-12-13-25-23(16-19)28(34)26-27(33(15-14-32(2)3)30(35)29(26)37-25)20-9-7-10-22(17-20)36-18-21-8-5-6-11-24(21)31/h5-13,16-17,27H,4,14-15,18H2,1-3H3. The third-order valence-corrected chi connectivity index (χ3v) is 7.12. The van der Waals surface area contributed by atoms with Crippen LogP contribution in [0.1, 0.15) is 45.8 Å². The molecule has 6 nitrogen and oxygen atoms in total. The Balaban J connectivity index is 1.58. The maximum Gasteiger partial charge on any atom is 0.290 e. The first-order valence-corrected chi connectivity index (χ1v) is 12.8. The third-order valence-electron chi connectivity index (χ3n) is 6.75. The van der Waals surface area contributed by atoms with Gasteiger partial charge in [-0.15, -0.1) is 0 Å². The molecule has 0 spiro atoms. The molecule has 1 aliphatic heterocycles. The Morgan fingerprint density at radius 2 is 1.84 bits per heavy atom. The minimum Gasteiger partial charge on any atom is -0.489 e. The first-order chi connectivity index (χ1) is 17.9. The van der Waals surface area contributed by atoms with Crippen molar-refractivity contribution in [1.29, 1.82) is 0 Å². The Labute approximate surface area is 221 Å². The van der Waals surface area contributed by atoms with Gasteiger partial charge >= 0.3 is 0 Å². The second-order valence-electron chi connectivity index (χ2n) is 9.51. The Morgan fingerprint density at radius 1 is 1.03 bits per heavy atom. The predicted molar refractivity (Wildman–Crippen MR) is 146 cm³/mol. The Morgan fingerprint density at radius 3 is 2.59 bits per heavy atom. The van der Waals surface area contributed by atoms with Crippen LogP contribution in [0.2, 0.25) is 5.02 Å². The summed E-state index contributed by atoms with van der Waals surface area (Å²) in [6.45, 7) is 3.44. The van der Waals surface area contributed by atoms with Crippen LogP contribution in [-0.2, 0) is 13.0 Å². The number of hydrogen-bond acceptors (Lipinski definition) is 5. The van der Waals surface area contributed by atoms with Gasteiger partial charge in [-0.1, -0.05) is 54.9 Å². The van der Waals surface area contributed by atoms with Crippen LogP contribution in [0.3, 0.4) is 0 Å². The average Bonchev–Trinajstić information content (AvgIpc) is 3.18. The lowest BCUT2D eigenvalue weighted by Gasteiger charge is -2.26. The molecule has 0 fully saturated rings. The number of halogens is 1. The molecule has 1 amide bonds. The predicted octanol–water partition coefficient (Wildman–Crippen LogP) is 5.69. The smallest absolute Gasteiger partial charge is 0.290 e. The van der Waals surface area contributed by atoms with Crippen LogP contribution in [0.5, 0.6) is 5.75 Å². The number of amides is 1. The quantitative estimate of drug-likeness (QED) is 0.301. The van der Waals surface area contributed by atoms with E-state index in [1.165, 1.54) is 0 Å². The molecule has 1 aromatic heterocycles. The molecule has 7 heteroatoms. The van der Waals surface area contributed by atoms with Crippen molar-refractivity contribution in [3.05, 3.63) is 110 Å². The lowest BCUT2D eigenvalue weighted by Crippen LogP contribution is -2.35. The molecule has 0 bridgehead atoms. The van der Waals surface area contributed by atoms with Crippen LogP contribution in [0, 0.1) is 0 Å². The van der Waals surface area contributed by atoms with Crippen molar-refractivity contribution in [2.45, 2.75) is 26.0 Å². The summed E-state index contributed by atoms with van der Waals surface area (Å²) in [5.74, 6) is 0.472. The van der Waals surface area contributed by atoms with Crippen molar-refractivity contribution in [1.82, 2.24) is 9.80 Å². The number of likely N-dealkylation sites (N-methyl/N-ethyl adjacent to an activating group) is 1. The summed E-state index contributed by atoms with van der Waals surface area (Å²) >= 11 is 6.29. The molecule has 0 saturated heterocycles. The molecule has 1 unspecified atom stereocenters. The van der Waals surface area contributed by atoms with E-state index >= 15 is 0 Å². The molecule has 1 aliphatic rings.